The number of pyridine rings is 2. The molecule has 0 aliphatic heterocycles. The number of hydrogen-bond acceptors (Lipinski definition) is 7. The highest BCUT2D eigenvalue weighted by Gasteiger charge is 2.18. The second kappa shape index (κ2) is 9.98. The lowest BCUT2D eigenvalue weighted by Crippen LogP contribution is -2.11. The van der Waals surface area contributed by atoms with Crippen LogP contribution in [-0.2, 0) is 22.7 Å². The molecule has 0 saturated heterocycles. The lowest BCUT2D eigenvalue weighted by molar-refractivity contribution is 0.0466. The van der Waals surface area contributed by atoms with Gasteiger partial charge in [0.1, 0.15) is 24.5 Å². The maximum absolute atomic E-state index is 12.6. The van der Waals surface area contributed by atoms with Crippen LogP contribution < -0.4 is 4.74 Å². The largest absolute Gasteiger partial charge is 0.493 e. The number of rotatable bonds is 8. The van der Waals surface area contributed by atoms with E-state index in [9.17, 15) is 9.59 Å². The van der Waals surface area contributed by atoms with E-state index >= 15 is 0 Å². The summed E-state index contributed by atoms with van der Waals surface area (Å²) in [6.07, 6.45) is 6.51. The summed E-state index contributed by atoms with van der Waals surface area (Å²) in [6, 6.07) is 11.7. The van der Waals surface area contributed by atoms with Crippen LogP contribution in [0.15, 0.2) is 67.3 Å². The molecule has 0 spiro atoms. The molecular formula is C22H20N2O5. The topological polar surface area (TPSA) is 87.6 Å². The Morgan fingerprint density at radius 2 is 1.48 bits per heavy atom. The van der Waals surface area contributed by atoms with Crippen LogP contribution in [0.25, 0.3) is 0 Å². The van der Waals surface area contributed by atoms with E-state index in [2.05, 4.69) is 9.97 Å². The number of benzene rings is 1. The first kappa shape index (κ1) is 20.0. The maximum atomic E-state index is 12.6. The van der Waals surface area contributed by atoms with Crippen LogP contribution in [0.1, 0.15) is 38.8 Å². The molecule has 1 aromatic carbocycles. The summed E-state index contributed by atoms with van der Waals surface area (Å²) >= 11 is 0. The molecule has 0 amide bonds. The molecule has 29 heavy (non-hydrogen) atoms. The summed E-state index contributed by atoms with van der Waals surface area (Å²) in [6.45, 7) is 2.32. The molecule has 3 aromatic rings. The van der Waals surface area contributed by atoms with Crippen molar-refractivity contribution < 1.29 is 23.8 Å². The molecule has 0 fully saturated rings. The van der Waals surface area contributed by atoms with E-state index in [0.29, 0.717) is 12.4 Å². The Morgan fingerprint density at radius 1 is 0.862 bits per heavy atom. The van der Waals surface area contributed by atoms with E-state index in [1.807, 2.05) is 0 Å². The van der Waals surface area contributed by atoms with Gasteiger partial charge in [0.05, 0.1) is 12.2 Å². The number of carbonyl (C=O) groups excluding carboxylic acids is 2. The van der Waals surface area contributed by atoms with Gasteiger partial charge >= 0.3 is 11.9 Å². The summed E-state index contributed by atoms with van der Waals surface area (Å²) < 4.78 is 16.1. The Balaban J connectivity index is 1.72. The highest BCUT2D eigenvalue weighted by atomic mass is 16.5. The van der Waals surface area contributed by atoms with Gasteiger partial charge in [-0.3, -0.25) is 9.97 Å². The van der Waals surface area contributed by atoms with Crippen LogP contribution in [0.4, 0.5) is 0 Å². The number of aromatic nitrogens is 2. The predicted molar refractivity (Wildman–Crippen MR) is 104 cm³/mol. The quantitative estimate of drug-likeness (QED) is 0.541. The maximum Gasteiger partial charge on any atom is 0.342 e. The smallest absolute Gasteiger partial charge is 0.342 e. The van der Waals surface area contributed by atoms with Gasteiger partial charge in [-0.15, -0.1) is 0 Å². The molecule has 7 nitrogen and oxygen atoms in total. The lowest BCUT2D eigenvalue weighted by Gasteiger charge is -2.12. The van der Waals surface area contributed by atoms with E-state index in [-0.39, 0.29) is 24.3 Å². The third-order valence-electron chi connectivity index (χ3n) is 3.92. The van der Waals surface area contributed by atoms with Crippen molar-refractivity contribution in [3.63, 3.8) is 0 Å². The average molecular weight is 392 g/mol. The van der Waals surface area contributed by atoms with Crippen molar-refractivity contribution in [1.82, 2.24) is 9.97 Å². The normalized spacial score (nSPS) is 10.2. The van der Waals surface area contributed by atoms with Crippen LogP contribution >= 0.6 is 0 Å². The van der Waals surface area contributed by atoms with Crippen LogP contribution in [0.2, 0.25) is 0 Å². The third kappa shape index (κ3) is 5.62. The molecule has 0 radical (unpaired) electrons. The number of ether oxygens (including phenoxy) is 3. The molecule has 2 aromatic heterocycles. The van der Waals surface area contributed by atoms with Crippen molar-refractivity contribution in [3.05, 3.63) is 89.5 Å². The summed E-state index contributed by atoms with van der Waals surface area (Å²) in [4.78, 5) is 32.9. The second-order valence-electron chi connectivity index (χ2n) is 6.02. The standard InChI is InChI=1S/C22H20N2O5/c1-2-27-20-8-7-18(21(25)28-14-16-5-3-9-23-12-16)11-19(20)22(26)29-15-17-6-4-10-24-13-17/h3-13H,2,14-15H2,1H3. The Bertz CT molecular complexity index is 961. The first-order chi connectivity index (χ1) is 14.2. The lowest BCUT2D eigenvalue weighted by atomic mass is 10.1. The minimum Gasteiger partial charge on any atom is -0.493 e. The summed E-state index contributed by atoms with van der Waals surface area (Å²) in [5, 5.41) is 0. The molecule has 3 rings (SSSR count). The molecule has 0 saturated carbocycles. The van der Waals surface area contributed by atoms with Gasteiger partial charge in [0.2, 0.25) is 0 Å². The second-order valence-corrected chi connectivity index (χ2v) is 6.02. The van der Waals surface area contributed by atoms with Gasteiger partial charge < -0.3 is 14.2 Å². The molecule has 0 unspecified atom stereocenters. The van der Waals surface area contributed by atoms with Gasteiger partial charge in [-0.2, -0.15) is 0 Å². The Morgan fingerprint density at radius 3 is 2.03 bits per heavy atom. The van der Waals surface area contributed by atoms with E-state index in [1.54, 1.807) is 68.1 Å². The van der Waals surface area contributed by atoms with Crippen molar-refractivity contribution in [2.45, 2.75) is 20.1 Å². The summed E-state index contributed by atoms with van der Waals surface area (Å²) in [5.74, 6) is -0.815. The monoisotopic (exact) mass is 392 g/mol. The zero-order chi connectivity index (χ0) is 20.5. The average Bonchev–Trinajstić information content (AvgIpc) is 2.77. The van der Waals surface area contributed by atoms with Crippen molar-refractivity contribution in [2.75, 3.05) is 6.61 Å². The van der Waals surface area contributed by atoms with Crippen molar-refractivity contribution in [1.29, 1.82) is 0 Å². The van der Waals surface area contributed by atoms with Crippen LogP contribution in [-0.4, -0.2) is 28.5 Å². The zero-order valence-electron chi connectivity index (χ0n) is 15.9. The summed E-state index contributed by atoms with van der Waals surface area (Å²) in [7, 11) is 0. The number of esters is 2. The first-order valence-corrected chi connectivity index (χ1v) is 9.06. The Labute approximate surface area is 168 Å². The molecular weight excluding hydrogens is 372 g/mol. The highest BCUT2D eigenvalue weighted by molar-refractivity contribution is 5.97. The van der Waals surface area contributed by atoms with Crippen molar-refractivity contribution in [2.24, 2.45) is 0 Å². The fourth-order valence-electron chi connectivity index (χ4n) is 2.52. The van der Waals surface area contributed by atoms with Crippen molar-refractivity contribution in [3.8, 4) is 5.75 Å². The van der Waals surface area contributed by atoms with Gasteiger partial charge in [0.25, 0.3) is 0 Å². The van der Waals surface area contributed by atoms with Gasteiger partial charge in [-0.1, -0.05) is 12.1 Å². The molecule has 0 aliphatic carbocycles. The van der Waals surface area contributed by atoms with Gasteiger partial charge in [0, 0.05) is 35.9 Å². The van der Waals surface area contributed by atoms with E-state index < -0.39 is 11.9 Å². The minimum atomic E-state index is -0.598. The number of carbonyl (C=O) groups is 2. The van der Waals surface area contributed by atoms with Gasteiger partial charge in [-0.05, 0) is 37.3 Å². The highest BCUT2D eigenvalue weighted by Crippen LogP contribution is 2.23. The number of hydrogen-bond donors (Lipinski definition) is 0. The van der Waals surface area contributed by atoms with Crippen molar-refractivity contribution >= 4 is 11.9 Å². The van der Waals surface area contributed by atoms with E-state index in [0.717, 1.165) is 11.1 Å². The fraction of sp³-hybridized carbons (Fsp3) is 0.182. The van der Waals surface area contributed by atoms with Crippen LogP contribution in [0, 0.1) is 0 Å². The van der Waals surface area contributed by atoms with Crippen LogP contribution in [0.3, 0.4) is 0 Å². The van der Waals surface area contributed by atoms with Gasteiger partial charge in [0.15, 0.2) is 0 Å². The molecule has 0 atom stereocenters. The summed E-state index contributed by atoms with van der Waals surface area (Å²) in [5.41, 5.74) is 1.91. The molecule has 148 valence electrons. The van der Waals surface area contributed by atoms with E-state index in [4.69, 9.17) is 14.2 Å². The molecule has 7 heteroatoms. The van der Waals surface area contributed by atoms with Crippen LogP contribution in [0.5, 0.6) is 5.75 Å². The molecule has 2 heterocycles. The van der Waals surface area contributed by atoms with Gasteiger partial charge in [-0.25, -0.2) is 9.59 Å². The first-order valence-electron chi connectivity index (χ1n) is 9.06. The predicted octanol–water partition coefficient (Wildman–Crippen LogP) is 3.59. The zero-order valence-corrected chi connectivity index (χ0v) is 15.9. The third-order valence-corrected chi connectivity index (χ3v) is 3.92. The fourth-order valence-corrected chi connectivity index (χ4v) is 2.52. The SMILES string of the molecule is CCOc1ccc(C(=O)OCc2cccnc2)cc1C(=O)OCc1cccnc1. The minimum absolute atomic E-state index is 0.0634. The molecule has 0 aliphatic rings. The molecule has 0 bridgehead atoms. The number of nitrogens with zero attached hydrogens (tertiary/aromatic N) is 2. The Kier molecular flexibility index (Phi) is 6.89. The van der Waals surface area contributed by atoms with E-state index in [1.165, 1.54) is 6.07 Å². The molecule has 0 N–H and O–H groups in total. The Hall–Kier alpha value is -3.74.